The van der Waals surface area contributed by atoms with Gasteiger partial charge in [-0.05, 0) is 69.1 Å². The highest BCUT2D eigenvalue weighted by molar-refractivity contribution is 5.99. The molecular weight excluding hydrogens is 403 g/mol. The third-order valence-electron chi connectivity index (χ3n) is 7.02. The molecule has 4 rings (SSSR count). The third-order valence-corrected chi connectivity index (χ3v) is 7.02. The zero-order valence-electron chi connectivity index (χ0n) is 19.0. The average Bonchev–Trinajstić information content (AvgIpc) is 3.10. The summed E-state index contributed by atoms with van der Waals surface area (Å²) in [7, 11) is 0. The van der Waals surface area contributed by atoms with Crippen LogP contribution in [0, 0.1) is 5.82 Å². The number of hydrogen-bond donors (Lipinski definition) is 1. The van der Waals surface area contributed by atoms with Crippen LogP contribution in [0.4, 0.5) is 10.1 Å². The maximum Gasteiger partial charge on any atom is 0.235 e. The first-order valence-corrected chi connectivity index (χ1v) is 12.2. The first-order chi connectivity index (χ1) is 15.7. The molecule has 2 aromatic carbocycles. The second-order valence-electron chi connectivity index (χ2n) is 9.21. The first kappa shape index (κ1) is 22.8. The van der Waals surface area contributed by atoms with E-state index in [-0.39, 0.29) is 11.7 Å². The molecule has 0 atom stereocenters. The number of carbonyl (C=O) groups excluding carboxylic acids is 1. The van der Waals surface area contributed by atoms with Crippen molar-refractivity contribution in [1.82, 2.24) is 4.90 Å². The van der Waals surface area contributed by atoms with Gasteiger partial charge in [-0.25, -0.2) is 4.39 Å². The number of anilines is 1. The lowest BCUT2D eigenvalue weighted by atomic mass is 9.68. The van der Waals surface area contributed by atoms with Crippen molar-refractivity contribution in [1.29, 1.82) is 0 Å². The Morgan fingerprint density at radius 1 is 0.906 bits per heavy atom. The van der Waals surface area contributed by atoms with Crippen LogP contribution in [0.25, 0.3) is 0 Å². The zero-order chi connectivity index (χ0) is 22.2. The van der Waals surface area contributed by atoms with Gasteiger partial charge in [-0.2, -0.15) is 0 Å². The number of nitrogens with one attached hydrogen (secondary N) is 1. The summed E-state index contributed by atoms with van der Waals surface area (Å²) in [5, 5.41) is 3.05. The fourth-order valence-corrected chi connectivity index (χ4v) is 5.16. The molecule has 0 radical (unpaired) electrons. The maximum atomic E-state index is 14.6. The molecule has 32 heavy (non-hydrogen) atoms. The van der Waals surface area contributed by atoms with Gasteiger partial charge in [0.05, 0.1) is 5.41 Å². The van der Waals surface area contributed by atoms with Crippen LogP contribution in [-0.2, 0) is 10.2 Å². The van der Waals surface area contributed by atoms with Crippen molar-refractivity contribution >= 4 is 11.6 Å². The van der Waals surface area contributed by atoms with Gasteiger partial charge in [-0.15, -0.1) is 0 Å². The van der Waals surface area contributed by atoms with Crippen LogP contribution in [0.3, 0.4) is 0 Å². The Morgan fingerprint density at radius 2 is 1.56 bits per heavy atom. The summed E-state index contributed by atoms with van der Waals surface area (Å²) in [5.74, 6) is 0.397. The predicted octanol–water partition coefficient (Wildman–Crippen LogP) is 5.92. The van der Waals surface area contributed by atoms with Crippen molar-refractivity contribution in [2.45, 2.75) is 63.2 Å². The van der Waals surface area contributed by atoms with E-state index in [4.69, 9.17) is 4.74 Å². The molecule has 1 amide bonds. The molecule has 2 fully saturated rings. The monoisotopic (exact) mass is 438 g/mol. The van der Waals surface area contributed by atoms with E-state index in [0.29, 0.717) is 25.0 Å². The molecule has 172 valence electrons. The quantitative estimate of drug-likeness (QED) is 0.583. The van der Waals surface area contributed by atoms with Crippen molar-refractivity contribution in [3.05, 3.63) is 59.9 Å². The van der Waals surface area contributed by atoms with Crippen LogP contribution in [0.5, 0.6) is 5.75 Å². The van der Waals surface area contributed by atoms with Crippen LogP contribution >= 0.6 is 0 Å². The van der Waals surface area contributed by atoms with E-state index in [1.54, 1.807) is 12.1 Å². The van der Waals surface area contributed by atoms with Gasteiger partial charge in [-0.3, -0.25) is 9.69 Å². The summed E-state index contributed by atoms with van der Waals surface area (Å²) in [6.07, 6.45) is 9.55. The molecule has 4 nitrogen and oxygen atoms in total. The Hall–Kier alpha value is -2.40. The van der Waals surface area contributed by atoms with Crippen molar-refractivity contribution in [2.24, 2.45) is 0 Å². The second kappa shape index (κ2) is 11.0. The summed E-state index contributed by atoms with van der Waals surface area (Å²) in [6.45, 7) is 3.95. The highest BCUT2D eigenvalue weighted by Crippen LogP contribution is 2.41. The van der Waals surface area contributed by atoms with Gasteiger partial charge >= 0.3 is 0 Å². The Labute approximate surface area is 191 Å². The number of carbonyl (C=O) groups is 1. The number of benzene rings is 2. The van der Waals surface area contributed by atoms with Crippen LogP contribution in [0.1, 0.15) is 63.4 Å². The lowest BCUT2D eigenvalue weighted by Gasteiger charge is -2.36. The largest absolute Gasteiger partial charge is 0.492 e. The number of rotatable bonds is 7. The van der Waals surface area contributed by atoms with Crippen molar-refractivity contribution < 1.29 is 13.9 Å². The molecule has 2 aromatic rings. The summed E-state index contributed by atoms with van der Waals surface area (Å²) in [4.78, 5) is 15.9. The number of nitrogens with zero attached hydrogens (tertiary/aromatic N) is 1. The second-order valence-corrected chi connectivity index (χ2v) is 9.21. The Bertz CT molecular complexity index is 869. The van der Waals surface area contributed by atoms with E-state index in [0.717, 1.165) is 50.3 Å². The summed E-state index contributed by atoms with van der Waals surface area (Å²) in [5.41, 5.74) is 0.438. The molecule has 1 aliphatic heterocycles. The van der Waals surface area contributed by atoms with Crippen LogP contribution in [-0.4, -0.2) is 37.0 Å². The lowest BCUT2D eigenvalue weighted by Crippen LogP contribution is -2.42. The molecular formula is C27H35FN2O2. The lowest BCUT2D eigenvalue weighted by molar-refractivity contribution is -0.122. The van der Waals surface area contributed by atoms with E-state index in [2.05, 4.69) is 10.2 Å². The Kier molecular flexibility index (Phi) is 7.80. The fraction of sp³-hybridized carbons (Fsp3) is 0.519. The van der Waals surface area contributed by atoms with Crippen LogP contribution in [0.2, 0.25) is 0 Å². The van der Waals surface area contributed by atoms with Gasteiger partial charge in [0.25, 0.3) is 0 Å². The maximum absolute atomic E-state index is 14.6. The van der Waals surface area contributed by atoms with Gasteiger partial charge < -0.3 is 10.1 Å². The standard InChI is InChI=1S/C27H35FN2O2/c28-25-11-5-4-10-24(25)27(16-6-3-7-17-27)26(31)29-22-12-14-23(15-13-22)32-21-20-30-18-8-1-2-9-19-30/h4-5,10-15H,1-3,6-9,16-21H2,(H,29,31). The SMILES string of the molecule is O=C(Nc1ccc(OCCN2CCCCCC2)cc1)C1(c2ccccc2F)CCCCC1. The molecule has 0 unspecified atom stereocenters. The summed E-state index contributed by atoms with van der Waals surface area (Å²) < 4.78 is 20.6. The third kappa shape index (κ3) is 5.50. The number of amides is 1. The number of ether oxygens (including phenoxy) is 1. The van der Waals surface area contributed by atoms with Crippen molar-refractivity contribution in [2.75, 3.05) is 31.6 Å². The highest BCUT2D eigenvalue weighted by atomic mass is 19.1. The molecule has 1 saturated heterocycles. The van der Waals surface area contributed by atoms with Crippen LogP contribution in [0.15, 0.2) is 48.5 Å². The molecule has 1 heterocycles. The summed E-state index contributed by atoms with van der Waals surface area (Å²) in [6, 6.07) is 14.3. The van der Waals surface area contributed by atoms with Gasteiger partial charge in [0.1, 0.15) is 18.2 Å². The van der Waals surface area contributed by atoms with E-state index in [1.807, 2.05) is 30.3 Å². The minimum Gasteiger partial charge on any atom is -0.492 e. The normalized spacial score (nSPS) is 19.2. The van der Waals surface area contributed by atoms with Gasteiger partial charge in [0.2, 0.25) is 5.91 Å². The smallest absolute Gasteiger partial charge is 0.235 e. The van der Waals surface area contributed by atoms with Crippen LogP contribution < -0.4 is 10.1 Å². The topological polar surface area (TPSA) is 41.6 Å². The Morgan fingerprint density at radius 3 is 2.25 bits per heavy atom. The molecule has 2 aliphatic rings. The predicted molar refractivity (Wildman–Crippen MR) is 127 cm³/mol. The first-order valence-electron chi connectivity index (χ1n) is 12.2. The summed E-state index contributed by atoms with van der Waals surface area (Å²) >= 11 is 0. The van der Waals surface area contributed by atoms with Gasteiger partial charge in [0.15, 0.2) is 0 Å². The van der Waals surface area contributed by atoms with E-state index < -0.39 is 5.41 Å². The minimum absolute atomic E-state index is 0.114. The van der Waals surface area contributed by atoms with Crippen molar-refractivity contribution in [3.63, 3.8) is 0 Å². The molecule has 0 bridgehead atoms. The molecule has 0 aromatic heterocycles. The number of hydrogen-bond acceptors (Lipinski definition) is 3. The zero-order valence-corrected chi connectivity index (χ0v) is 19.0. The van der Waals surface area contributed by atoms with Crippen molar-refractivity contribution in [3.8, 4) is 5.75 Å². The molecule has 1 saturated carbocycles. The average molecular weight is 439 g/mol. The Balaban J connectivity index is 1.36. The molecule has 0 spiro atoms. The fourth-order valence-electron chi connectivity index (χ4n) is 5.16. The molecule has 1 N–H and O–H groups in total. The molecule has 5 heteroatoms. The van der Waals surface area contributed by atoms with E-state index in [1.165, 1.54) is 31.7 Å². The van der Waals surface area contributed by atoms with E-state index in [9.17, 15) is 9.18 Å². The molecule has 1 aliphatic carbocycles. The van der Waals surface area contributed by atoms with E-state index >= 15 is 0 Å². The van der Waals surface area contributed by atoms with Gasteiger partial charge in [-0.1, -0.05) is 50.3 Å². The minimum atomic E-state index is -0.800. The van der Waals surface area contributed by atoms with Gasteiger partial charge in [0, 0.05) is 17.8 Å². The number of likely N-dealkylation sites (tertiary alicyclic amines) is 1. The highest BCUT2D eigenvalue weighted by Gasteiger charge is 2.42. The number of halogens is 1.